The van der Waals surface area contributed by atoms with Gasteiger partial charge in [-0.05, 0) is 70.6 Å². The Balaban J connectivity index is 1.52. The van der Waals surface area contributed by atoms with Crippen LogP contribution in [0.25, 0.3) is 0 Å². The van der Waals surface area contributed by atoms with Gasteiger partial charge in [0.2, 0.25) is 0 Å². The minimum atomic E-state index is -0.0592. The van der Waals surface area contributed by atoms with Gasteiger partial charge in [-0.1, -0.05) is 17.7 Å². The summed E-state index contributed by atoms with van der Waals surface area (Å²) in [6.45, 7) is 7.22. The highest BCUT2D eigenvalue weighted by Gasteiger charge is 2.49. The van der Waals surface area contributed by atoms with Crippen LogP contribution in [0.15, 0.2) is 23.3 Å². The normalized spacial score (nSPS) is 41.7. The molecule has 126 valence electrons. The number of fused-ring (bicyclic) bond motifs is 3. The molecule has 0 aromatic rings. The Bertz CT molecular complexity index is 571. The molecule has 0 N–H and O–H groups in total. The number of carbonyl (C=O) groups excluding carboxylic acids is 1. The molecule has 0 bridgehead atoms. The van der Waals surface area contributed by atoms with Gasteiger partial charge in [-0.2, -0.15) is 0 Å². The van der Waals surface area contributed by atoms with E-state index in [1.165, 1.54) is 24.8 Å². The van der Waals surface area contributed by atoms with E-state index in [4.69, 9.17) is 9.47 Å². The molecule has 4 rings (SSSR count). The summed E-state index contributed by atoms with van der Waals surface area (Å²) in [7, 11) is 0. The van der Waals surface area contributed by atoms with Gasteiger partial charge in [-0.3, -0.25) is 0 Å². The third-order valence-electron chi connectivity index (χ3n) is 6.66. The third kappa shape index (κ3) is 2.67. The van der Waals surface area contributed by atoms with Crippen molar-refractivity contribution in [3.8, 4) is 0 Å². The standard InChI is InChI=1S/C20H28O3/c1-12(7-10-17-20(2,3)23-17)14-9-8-13-5-4-6-15-16(18(13)14)11-22-19(15)21/h6-7,13-14,16-18H,4-5,8-11H2,1-3H3. The molecule has 3 fully saturated rings. The maximum absolute atomic E-state index is 12.0. The molecule has 3 nitrogen and oxygen atoms in total. The van der Waals surface area contributed by atoms with Crippen LogP contribution in [0.3, 0.4) is 0 Å². The van der Waals surface area contributed by atoms with Gasteiger partial charge in [0.25, 0.3) is 0 Å². The second-order valence-electron chi connectivity index (χ2n) is 8.36. The molecule has 5 unspecified atom stereocenters. The van der Waals surface area contributed by atoms with E-state index < -0.39 is 0 Å². The van der Waals surface area contributed by atoms with Gasteiger partial charge in [0, 0.05) is 11.5 Å². The highest BCUT2D eigenvalue weighted by Crippen LogP contribution is 2.52. The monoisotopic (exact) mass is 316 g/mol. The van der Waals surface area contributed by atoms with E-state index in [0.717, 1.165) is 24.3 Å². The molecule has 4 aliphatic rings. The van der Waals surface area contributed by atoms with Gasteiger partial charge in [-0.25, -0.2) is 4.79 Å². The maximum atomic E-state index is 12.0. The summed E-state index contributed by atoms with van der Waals surface area (Å²) in [4.78, 5) is 12.0. The molecule has 2 saturated heterocycles. The quantitative estimate of drug-likeness (QED) is 0.448. The van der Waals surface area contributed by atoms with Crippen LogP contribution in [0.1, 0.15) is 52.9 Å². The van der Waals surface area contributed by atoms with Crippen LogP contribution in [0, 0.1) is 23.7 Å². The molecule has 2 aliphatic carbocycles. The molecule has 0 radical (unpaired) electrons. The van der Waals surface area contributed by atoms with Crippen molar-refractivity contribution in [2.24, 2.45) is 23.7 Å². The van der Waals surface area contributed by atoms with E-state index in [-0.39, 0.29) is 11.6 Å². The number of epoxide rings is 1. The first-order valence-electron chi connectivity index (χ1n) is 9.19. The Morgan fingerprint density at radius 3 is 2.87 bits per heavy atom. The zero-order valence-corrected chi connectivity index (χ0v) is 14.5. The lowest BCUT2D eigenvalue weighted by molar-refractivity contribution is -0.135. The van der Waals surface area contributed by atoms with Crippen molar-refractivity contribution in [2.45, 2.75) is 64.6 Å². The fourth-order valence-corrected chi connectivity index (χ4v) is 5.19. The van der Waals surface area contributed by atoms with Crippen LogP contribution in [0.2, 0.25) is 0 Å². The van der Waals surface area contributed by atoms with Gasteiger partial charge in [0.1, 0.15) is 0 Å². The molecule has 0 spiro atoms. The fourth-order valence-electron chi connectivity index (χ4n) is 5.19. The number of rotatable bonds is 3. The SMILES string of the molecule is CC(=CCC1OC1(C)C)C1CCC2CCC=C3C(=O)OCC3C21. The Labute approximate surface area is 139 Å². The second-order valence-corrected chi connectivity index (χ2v) is 8.36. The van der Waals surface area contributed by atoms with Crippen LogP contribution < -0.4 is 0 Å². The van der Waals surface area contributed by atoms with Crippen molar-refractivity contribution >= 4 is 5.97 Å². The molecule has 23 heavy (non-hydrogen) atoms. The summed E-state index contributed by atoms with van der Waals surface area (Å²) in [6.07, 6.45) is 10.8. The van der Waals surface area contributed by atoms with Crippen molar-refractivity contribution in [1.82, 2.24) is 0 Å². The number of hydrogen-bond donors (Lipinski definition) is 0. The van der Waals surface area contributed by atoms with Gasteiger partial charge < -0.3 is 9.47 Å². The van der Waals surface area contributed by atoms with Crippen molar-refractivity contribution in [3.63, 3.8) is 0 Å². The number of ether oxygens (including phenoxy) is 2. The van der Waals surface area contributed by atoms with E-state index >= 15 is 0 Å². The minimum Gasteiger partial charge on any atom is -0.462 e. The third-order valence-corrected chi connectivity index (χ3v) is 6.66. The molecule has 2 aliphatic heterocycles. The Morgan fingerprint density at radius 2 is 2.13 bits per heavy atom. The molecule has 5 atom stereocenters. The average molecular weight is 316 g/mol. The number of hydrogen-bond acceptors (Lipinski definition) is 3. The van der Waals surface area contributed by atoms with Crippen LogP contribution in [0.5, 0.6) is 0 Å². The van der Waals surface area contributed by atoms with Crippen molar-refractivity contribution < 1.29 is 14.3 Å². The fraction of sp³-hybridized carbons (Fsp3) is 0.750. The molecule has 0 aromatic carbocycles. The second kappa shape index (κ2) is 5.47. The van der Waals surface area contributed by atoms with Gasteiger partial charge >= 0.3 is 5.97 Å². The predicted molar refractivity (Wildman–Crippen MR) is 88.8 cm³/mol. The van der Waals surface area contributed by atoms with Crippen molar-refractivity contribution in [3.05, 3.63) is 23.3 Å². The zero-order chi connectivity index (χ0) is 16.2. The van der Waals surface area contributed by atoms with E-state index in [0.29, 0.717) is 30.5 Å². The first kappa shape index (κ1) is 15.4. The summed E-state index contributed by atoms with van der Waals surface area (Å²) in [5.41, 5.74) is 2.55. The average Bonchev–Trinajstić information content (AvgIpc) is 2.80. The van der Waals surface area contributed by atoms with Gasteiger partial charge in [-0.15, -0.1) is 0 Å². The molecule has 1 saturated carbocycles. The zero-order valence-electron chi connectivity index (χ0n) is 14.5. The largest absolute Gasteiger partial charge is 0.462 e. The topological polar surface area (TPSA) is 38.8 Å². The van der Waals surface area contributed by atoms with Crippen molar-refractivity contribution in [1.29, 1.82) is 0 Å². The van der Waals surface area contributed by atoms with E-state index in [2.05, 4.69) is 32.9 Å². The summed E-state index contributed by atoms with van der Waals surface area (Å²) in [5.74, 6) is 2.24. The lowest BCUT2D eigenvalue weighted by Crippen LogP contribution is -2.26. The highest BCUT2D eigenvalue weighted by molar-refractivity contribution is 5.91. The number of esters is 1. The Morgan fingerprint density at radius 1 is 1.35 bits per heavy atom. The maximum Gasteiger partial charge on any atom is 0.334 e. The molecule has 0 aromatic heterocycles. The molecule has 3 heteroatoms. The Hall–Kier alpha value is -1.09. The molecular formula is C20H28O3. The van der Waals surface area contributed by atoms with Crippen LogP contribution in [-0.2, 0) is 14.3 Å². The van der Waals surface area contributed by atoms with Gasteiger partial charge in [0.05, 0.1) is 18.3 Å². The first-order valence-corrected chi connectivity index (χ1v) is 9.19. The number of cyclic esters (lactones) is 1. The highest BCUT2D eigenvalue weighted by atomic mass is 16.6. The van der Waals surface area contributed by atoms with Crippen molar-refractivity contribution in [2.75, 3.05) is 6.61 Å². The summed E-state index contributed by atoms with van der Waals surface area (Å²) >= 11 is 0. The summed E-state index contributed by atoms with van der Waals surface area (Å²) < 4.78 is 11.1. The molecular weight excluding hydrogens is 288 g/mol. The smallest absolute Gasteiger partial charge is 0.334 e. The minimum absolute atomic E-state index is 0.0592. The predicted octanol–water partition coefficient (Wildman–Crippen LogP) is 4.04. The molecule has 2 heterocycles. The van der Waals surface area contributed by atoms with E-state index in [1.54, 1.807) is 0 Å². The van der Waals surface area contributed by atoms with E-state index in [1.807, 2.05) is 0 Å². The lowest BCUT2D eigenvalue weighted by atomic mass is 9.74. The Kier molecular flexibility index (Phi) is 3.67. The van der Waals surface area contributed by atoms with Crippen LogP contribution >= 0.6 is 0 Å². The number of allylic oxidation sites excluding steroid dienone is 2. The summed E-state index contributed by atoms with van der Waals surface area (Å²) in [6, 6.07) is 0. The summed E-state index contributed by atoms with van der Waals surface area (Å²) in [5, 5.41) is 0. The van der Waals surface area contributed by atoms with Crippen LogP contribution in [0.4, 0.5) is 0 Å². The number of carbonyl (C=O) groups is 1. The van der Waals surface area contributed by atoms with Crippen LogP contribution in [-0.4, -0.2) is 24.3 Å². The lowest BCUT2D eigenvalue weighted by Gasteiger charge is -2.29. The molecule has 0 amide bonds. The first-order chi connectivity index (χ1) is 11.0. The van der Waals surface area contributed by atoms with Gasteiger partial charge in [0.15, 0.2) is 0 Å². The van der Waals surface area contributed by atoms with E-state index in [9.17, 15) is 4.79 Å².